The van der Waals surface area contributed by atoms with Crippen LogP contribution in [0, 0.1) is 0 Å². The van der Waals surface area contributed by atoms with Gasteiger partial charge in [-0.3, -0.25) is 13.9 Å². The van der Waals surface area contributed by atoms with Crippen LogP contribution < -0.4 is 4.90 Å². The van der Waals surface area contributed by atoms with Gasteiger partial charge in [0.05, 0.1) is 193 Å². The van der Waals surface area contributed by atoms with Crippen molar-refractivity contribution in [1.29, 1.82) is 0 Å². The largest absolute Gasteiger partial charge is 0.481 e. The molecule has 0 fully saturated rings. The standard InChI is InChI=1S/C63H98N2O24S2/c1-62(18-23-78-34-39-86-46-43-82-30-27-74-3)55-51-53(90(68,69)70)13-15-57(55)64(20-25-80-36-41-88-48-45-84-32-29-76-5)59(62)11-9-7-6-8-10-12-60-63(2,19-24-79-35-40-87-47-44-83-31-28-75-4)56-52-54(91(71,72)73)14-16-58(56)65(60)21-26-81-37-42-89-50-49-85-38-33-77-22-17-61(66)67/h6-16,51-52H,17-50H2,1-5H3,(H2-,66,67,68,69,70,71,72,73)/p+1. The average molecular weight is 1330 g/mol. The van der Waals surface area contributed by atoms with Gasteiger partial charge in [-0.1, -0.05) is 30.4 Å². The first-order chi connectivity index (χ1) is 44.0. The number of hydrogen-bond acceptors (Lipinski definition) is 22. The second kappa shape index (κ2) is 45.8. The fraction of sp³-hybridized carbons (Fsp3) is 0.651. The zero-order valence-electron chi connectivity index (χ0n) is 53.7. The Labute approximate surface area is 537 Å². The van der Waals surface area contributed by atoms with Gasteiger partial charge in [-0.25, -0.2) is 0 Å². The molecule has 2 unspecified atom stereocenters. The first-order valence-corrected chi connectivity index (χ1v) is 33.5. The molecule has 4 rings (SSSR count). The lowest BCUT2D eigenvalue weighted by atomic mass is 9.76. The molecular formula is C63H99N2O24S2+. The summed E-state index contributed by atoms with van der Waals surface area (Å²) in [5.41, 5.74) is 2.86. The Morgan fingerprint density at radius 1 is 0.462 bits per heavy atom. The first-order valence-electron chi connectivity index (χ1n) is 30.6. The van der Waals surface area contributed by atoms with Crippen LogP contribution in [0.2, 0.25) is 0 Å². The number of fused-ring (bicyclic) bond motifs is 2. The third-order valence-electron chi connectivity index (χ3n) is 14.5. The van der Waals surface area contributed by atoms with Crippen molar-refractivity contribution in [3.05, 3.63) is 95.8 Å². The van der Waals surface area contributed by atoms with E-state index < -0.39 is 37.0 Å². The first kappa shape index (κ1) is 79.0. The molecule has 0 bridgehead atoms. The monoisotopic (exact) mass is 1330 g/mol. The molecule has 2 atom stereocenters. The number of anilines is 1. The highest BCUT2D eigenvalue weighted by atomic mass is 32.2. The van der Waals surface area contributed by atoms with E-state index in [1.54, 1.807) is 33.5 Å². The molecule has 0 spiro atoms. The number of benzene rings is 2. The topological polar surface area (TPSA) is 300 Å². The molecule has 0 radical (unpaired) electrons. The predicted molar refractivity (Wildman–Crippen MR) is 338 cm³/mol. The second-order valence-corrected chi connectivity index (χ2v) is 23.8. The molecule has 2 heterocycles. The van der Waals surface area contributed by atoms with E-state index in [0.717, 1.165) is 22.8 Å². The summed E-state index contributed by atoms with van der Waals surface area (Å²) in [7, 11) is -4.31. The van der Waals surface area contributed by atoms with E-state index in [-0.39, 0.29) is 49.2 Å². The molecular weight excluding hydrogens is 1230 g/mol. The van der Waals surface area contributed by atoms with Crippen molar-refractivity contribution in [3.8, 4) is 0 Å². The Bertz CT molecular complexity index is 2760. The molecule has 2 aromatic carbocycles. The minimum atomic E-state index is -4.58. The highest BCUT2D eigenvalue weighted by molar-refractivity contribution is 7.86. The molecule has 2 aliphatic rings. The summed E-state index contributed by atoms with van der Waals surface area (Å²) in [5, 5.41) is 8.75. The maximum atomic E-state index is 12.6. The van der Waals surface area contributed by atoms with Crippen LogP contribution in [-0.4, -0.2) is 273 Å². The number of methoxy groups -OCH3 is 3. The third kappa shape index (κ3) is 29.8. The number of carbonyl (C=O) groups is 1. The van der Waals surface area contributed by atoms with Gasteiger partial charge < -0.3 is 85.8 Å². The van der Waals surface area contributed by atoms with Crippen LogP contribution in [0.5, 0.6) is 0 Å². The molecule has 3 N–H and O–H groups in total. The van der Waals surface area contributed by atoms with Crippen LogP contribution >= 0.6 is 0 Å². The van der Waals surface area contributed by atoms with Crippen LogP contribution in [0.15, 0.2) is 94.4 Å². The van der Waals surface area contributed by atoms with Gasteiger partial charge in [-0.2, -0.15) is 21.4 Å². The lowest BCUT2D eigenvalue weighted by molar-refractivity contribution is -0.442. The zero-order chi connectivity index (χ0) is 65.9. The van der Waals surface area contributed by atoms with Gasteiger partial charge in [0, 0.05) is 75.6 Å². The molecule has 516 valence electrons. The number of carboxylic acids is 1. The maximum Gasteiger partial charge on any atom is 0.305 e. The highest BCUT2D eigenvalue weighted by Crippen LogP contribution is 2.51. The molecule has 0 saturated heterocycles. The SMILES string of the molecule is COCCOCCOCCOCC[N+]1=C(/C=C/C=C/C=C/C=C2/N(CCOCCOCCOCCOCCC(=O)O)c3ccc(S(=O)(=O)O)cc3C2(C)CCOCCOCCOCCOC)C(C)(CCOCCOCCOCCOC)c2cc(S(=O)(=O)O)ccc21. The van der Waals surface area contributed by atoms with E-state index in [0.29, 0.717) is 196 Å². The smallest absolute Gasteiger partial charge is 0.305 e. The van der Waals surface area contributed by atoms with Gasteiger partial charge in [0.15, 0.2) is 12.3 Å². The van der Waals surface area contributed by atoms with Gasteiger partial charge in [0.2, 0.25) is 5.69 Å². The summed E-state index contributed by atoms with van der Waals surface area (Å²) in [6, 6.07) is 9.17. The quantitative estimate of drug-likeness (QED) is 0.0328. The molecule has 0 saturated carbocycles. The predicted octanol–water partition coefficient (Wildman–Crippen LogP) is 5.28. The molecule has 26 nitrogen and oxygen atoms in total. The van der Waals surface area contributed by atoms with Crippen LogP contribution in [0.3, 0.4) is 0 Å². The number of rotatable bonds is 57. The van der Waals surface area contributed by atoms with E-state index >= 15 is 0 Å². The Balaban J connectivity index is 1.58. The average Bonchev–Trinajstić information content (AvgIpc) is 1.60. The van der Waals surface area contributed by atoms with E-state index in [1.165, 1.54) is 24.3 Å². The van der Waals surface area contributed by atoms with Gasteiger partial charge in [-0.15, -0.1) is 0 Å². The fourth-order valence-electron chi connectivity index (χ4n) is 9.72. The van der Waals surface area contributed by atoms with E-state index in [4.69, 9.17) is 80.9 Å². The van der Waals surface area contributed by atoms with Crippen molar-refractivity contribution in [2.24, 2.45) is 0 Å². The number of carboxylic acid groups (broad SMARTS) is 1. The Morgan fingerprint density at radius 2 is 0.835 bits per heavy atom. The molecule has 2 aromatic rings. The van der Waals surface area contributed by atoms with Crippen LogP contribution in [0.4, 0.5) is 11.4 Å². The summed E-state index contributed by atoms with van der Waals surface area (Å²) in [5.74, 6) is -0.927. The molecule has 91 heavy (non-hydrogen) atoms. The lowest BCUT2D eigenvalue weighted by Gasteiger charge is -2.30. The Kier molecular flexibility index (Phi) is 39.7. The fourth-order valence-corrected chi connectivity index (χ4v) is 10.7. The van der Waals surface area contributed by atoms with E-state index in [1.807, 2.05) is 56.4 Å². The molecule has 28 heteroatoms. The summed E-state index contributed by atoms with van der Waals surface area (Å²) in [6.45, 7) is 15.2. The van der Waals surface area contributed by atoms with E-state index in [2.05, 4.69) is 9.48 Å². The van der Waals surface area contributed by atoms with Crippen molar-refractivity contribution in [2.45, 2.75) is 53.7 Å². The molecule has 0 amide bonds. The Hall–Kier alpha value is -4.48. The lowest BCUT2D eigenvalue weighted by Crippen LogP contribution is -2.33. The van der Waals surface area contributed by atoms with Crippen molar-refractivity contribution in [3.63, 3.8) is 0 Å². The number of allylic oxidation sites excluding steroid dienone is 8. The van der Waals surface area contributed by atoms with Crippen molar-refractivity contribution in [2.75, 3.05) is 231 Å². The highest BCUT2D eigenvalue weighted by Gasteiger charge is 2.48. The van der Waals surface area contributed by atoms with Crippen LogP contribution in [0.1, 0.15) is 44.2 Å². The molecule has 2 aliphatic heterocycles. The van der Waals surface area contributed by atoms with Crippen molar-refractivity contribution in [1.82, 2.24) is 0 Å². The van der Waals surface area contributed by atoms with Crippen LogP contribution in [-0.2, 0) is 112 Å². The number of hydrogen-bond donors (Lipinski definition) is 3. The van der Waals surface area contributed by atoms with Crippen molar-refractivity contribution < 1.29 is 116 Å². The second-order valence-electron chi connectivity index (χ2n) is 20.9. The summed E-state index contributed by atoms with van der Waals surface area (Å²) < 4.78 is 162. The van der Waals surface area contributed by atoms with Crippen molar-refractivity contribution >= 4 is 43.3 Å². The molecule has 0 aromatic heterocycles. The summed E-state index contributed by atoms with van der Waals surface area (Å²) in [6.07, 6.45) is 14.1. The minimum absolute atomic E-state index is 0.0736. The Morgan fingerprint density at radius 3 is 1.29 bits per heavy atom. The normalized spacial score (nSPS) is 17.4. The van der Waals surface area contributed by atoms with Gasteiger partial charge in [-0.05, 0) is 68.7 Å². The number of nitrogens with zero attached hydrogens (tertiary/aromatic N) is 2. The zero-order valence-corrected chi connectivity index (χ0v) is 55.3. The third-order valence-corrected chi connectivity index (χ3v) is 16.2. The van der Waals surface area contributed by atoms with Gasteiger partial charge in [0.25, 0.3) is 20.2 Å². The number of ether oxygens (including phenoxy) is 16. The molecule has 0 aliphatic carbocycles. The van der Waals surface area contributed by atoms with Gasteiger partial charge in [0.1, 0.15) is 6.61 Å². The van der Waals surface area contributed by atoms with E-state index in [9.17, 15) is 30.7 Å². The minimum Gasteiger partial charge on any atom is -0.481 e. The summed E-state index contributed by atoms with van der Waals surface area (Å²) >= 11 is 0. The van der Waals surface area contributed by atoms with Crippen LogP contribution in [0.25, 0.3) is 0 Å². The maximum absolute atomic E-state index is 12.6. The number of aliphatic carboxylic acids is 1. The summed E-state index contributed by atoms with van der Waals surface area (Å²) in [4.78, 5) is 12.3. The van der Waals surface area contributed by atoms with Gasteiger partial charge >= 0.3 is 5.97 Å².